The third-order valence-corrected chi connectivity index (χ3v) is 5.78. The smallest absolute Gasteiger partial charge is 0.251 e. The van der Waals surface area contributed by atoms with Crippen molar-refractivity contribution < 1.29 is 19.0 Å². The lowest BCUT2D eigenvalue weighted by Gasteiger charge is -2.43. The lowest BCUT2D eigenvalue weighted by Crippen LogP contribution is -2.53. The number of likely N-dealkylation sites (N-methyl/N-ethyl adjacent to an activating group) is 1. The van der Waals surface area contributed by atoms with Crippen LogP contribution in [0.5, 0.6) is 17.2 Å². The van der Waals surface area contributed by atoms with Gasteiger partial charge in [0, 0.05) is 17.6 Å². The maximum Gasteiger partial charge on any atom is 0.251 e. The summed E-state index contributed by atoms with van der Waals surface area (Å²) < 4.78 is 16.8. The highest BCUT2D eigenvalue weighted by molar-refractivity contribution is 5.95. The molecule has 1 amide bonds. The highest BCUT2D eigenvalue weighted by atomic mass is 16.5. The molecule has 0 radical (unpaired) electrons. The largest absolute Gasteiger partial charge is 0.493 e. The Bertz CT molecular complexity index is 614. The van der Waals surface area contributed by atoms with E-state index in [0.29, 0.717) is 36.0 Å². The Hall–Kier alpha value is -1.95. The van der Waals surface area contributed by atoms with Gasteiger partial charge in [0.25, 0.3) is 5.91 Å². The average molecular weight is 393 g/mol. The van der Waals surface area contributed by atoms with E-state index in [1.807, 2.05) is 0 Å². The number of nitrogens with one attached hydrogen (secondary N) is 1. The highest BCUT2D eigenvalue weighted by Gasteiger charge is 2.34. The first-order valence-electron chi connectivity index (χ1n) is 10.3. The molecule has 1 saturated carbocycles. The quantitative estimate of drug-likeness (QED) is 0.613. The molecule has 6 nitrogen and oxygen atoms in total. The highest BCUT2D eigenvalue weighted by Crippen LogP contribution is 2.39. The van der Waals surface area contributed by atoms with Crippen LogP contribution in [0.25, 0.3) is 0 Å². The van der Waals surface area contributed by atoms with E-state index in [1.54, 1.807) is 26.4 Å². The average Bonchev–Trinajstić information content (AvgIpc) is 2.72. The number of benzene rings is 1. The van der Waals surface area contributed by atoms with Gasteiger partial charge in [-0.2, -0.15) is 0 Å². The molecule has 1 fully saturated rings. The van der Waals surface area contributed by atoms with E-state index in [2.05, 4.69) is 31.2 Å². The Kier molecular flexibility index (Phi) is 8.42. The normalized spacial score (nSPS) is 15.9. The van der Waals surface area contributed by atoms with Crippen molar-refractivity contribution in [2.24, 2.45) is 0 Å². The van der Waals surface area contributed by atoms with E-state index in [1.165, 1.54) is 19.3 Å². The molecule has 0 saturated heterocycles. The van der Waals surface area contributed by atoms with Gasteiger partial charge in [-0.15, -0.1) is 0 Å². The van der Waals surface area contributed by atoms with Crippen LogP contribution in [-0.2, 0) is 0 Å². The van der Waals surface area contributed by atoms with Crippen molar-refractivity contribution in [3.8, 4) is 17.2 Å². The van der Waals surface area contributed by atoms with Gasteiger partial charge in [-0.3, -0.25) is 4.79 Å². The van der Waals surface area contributed by atoms with Gasteiger partial charge in [0.05, 0.1) is 20.8 Å². The van der Waals surface area contributed by atoms with Crippen LogP contribution in [0.3, 0.4) is 0 Å². The molecular formula is C22H36N2O4. The first kappa shape index (κ1) is 22.3. The van der Waals surface area contributed by atoms with Gasteiger partial charge >= 0.3 is 0 Å². The van der Waals surface area contributed by atoms with Crippen LogP contribution in [0.1, 0.15) is 62.2 Å². The summed E-state index contributed by atoms with van der Waals surface area (Å²) in [5, 5.41) is 3.13. The van der Waals surface area contributed by atoms with Crippen molar-refractivity contribution in [2.75, 3.05) is 41.5 Å². The minimum absolute atomic E-state index is 0.0330. The van der Waals surface area contributed by atoms with Crippen LogP contribution < -0.4 is 19.5 Å². The number of rotatable bonds is 10. The van der Waals surface area contributed by atoms with E-state index in [4.69, 9.17) is 14.2 Å². The standard InChI is InChI=1S/C22H36N2O4/c1-6-7-13-28-20-18(26-4)14-17(15-19(20)27-5)21(25)23-16-22(24(2)3)11-9-8-10-12-22/h14-15H,6-13,16H2,1-5H3,(H,23,25). The molecule has 0 atom stereocenters. The number of amides is 1. The van der Waals surface area contributed by atoms with Gasteiger partial charge in [-0.05, 0) is 45.5 Å². The number of hydrogen-bond acceptors (Lipinski definition) is 5. The molecule has 158 valence electrons. The molecular weight excluding hydrogens is 356 g/mol. The van der Waals surface area contributed by atoms with Crippen molar-refractivity contribution in [1.29, 1.82) is 0 Å². The van der Waals surface area contributed by atoms with Crippen LogP contribution in [0.15, 0.2) is 12.1 Å². The fraction of sp³-hybridized carbons (Fsp3) is 0.682. The zero-order valence-electron chi connectivity index (χ0n) is 18.1. The predicted molar refractivity (Wildman–Crippen MR) is 112 cm³/mol. The third kappa shape index (κ3) is 5.31. The van der Waals surface area contributed by atoms with E-state index < -0.39 is 0 Å². The van der Waals surface area contributed by atoms with Crippen molar-refractivity contribution in [3.05, 3.63) is 17.7 Å². The maximum absolute atomic E-state index is 12.9. The van der Waals surface area contributed by atoms with Gasteiger partial charge < -0.3 is 24.4 Å². The topological polar surface area (TPSA) is 60.0 Å². The molecule has 0 heterocycles. The Morgan fingerprint density at radius 1 is 1.11 bits per heavy atom. The summed E-state index contributed by atoms with van der Waals surface area (Å²) in [5.74, 6) is 1.46. The molecule has 0 spiro atoms. The molecule has 0 aliphatic heterocycles. The molecule has 1 aliphatic rings. The van der Waals surface area contributed by atoms with Crippen molar-refractivity contribution in [3.63, 3.8) is 0 Å². The summed E-state index contributed by atoms with van der Waals surface area (Å²) in [6.45, 7) is 3.33. The molecule has 28 heavy (non-hydrogen) atoms. The van der Waals surface area contributed by atoms with Crippen molar-refractivity contribution >= 4 is 5.91 Å². The Labute approximate surface area is 169 Å². The van der Waals surface area contributed by atoms with E-state index in [9.17, 15) is 4.79 Å². The first-order valence-corrected chi connectivity index (χ1v) is 10.3. The minimum atomic E-state index is -0.122. The summed E-state index contributed by atoms with van der Waals surface area (Å²) in [5.41, 5.74) is 0.548. The fourth-order valence-corrected chi connectivity index (χ4v) is 3.81. The van der Waals surface area contributed by atoms with Gasteiger partial charge in [0.2, 0.25) is 5.75 Å². The van der Waals surface area contributed by atoms with Crippen molar-refractivity contribution in [2.45, 2.75) is 57.4 Å². The number of carbonyl (C=O) groups is 1. The molecule has 2 rings (SSSR count). The Morgan fingerprint density at radius 2 is 1.71 bits per heavy atom. The molecule has 0 aromatic heterocycles. The van der Waals surface area contributed by atoms with Crippen LogP contribution in [0, 0.1) is 0 Å². The molecule has 1 N–H and O–H groups in total. The number of hydrogen-bond donors (Lipinski definition) is 1. The molecule has 6 heteroatoms. The summed E-state index contributed by atoms with van der Waals surface area (Å²) in [7, 11) is 7.36. The number of carbonyl (C=O) groups excluding carboxylic acids is 1. The molecule has 1 aliphatic carbocycles. The summed E-state index contributed by atoms with van der Waals surface area (Å²) >= 11 is 0. The van der Waals surface area contributed by atoms with E-state index in [0.717, 1.165) is 25.7 Å². The van der Waals surface area contributed by atoms with E-state index >= 15 is 0 Å². The van der Waals surface area contributed by atoms with Crippen LogP contribution >= 0.6 is 0 Å². The number of ether oxygens (including phenoxy) is 3. The predicted octanol–water partition coefficient (Wildman–Crippen LogP) is 3.88. The fourth-order valence-electron chi connectivity index (χ4n) is 3.81. The maximum atomic E-state index is 12.9. The zero-order chi connectivity index (χ0) is 20.6. The lowest BCUT2D eigenvalue weighted by atomic mass is 9.80. The van der Waals surface area contributed by atoms with Gasteiger partial charge in [0.15, 0.2) is 11.5 Å². The van der Waals surface area contributed by atoms with Crippen LogP contribution in [0.2, 0.25) is 0 Å². The van der Waals surface area contributed by atoms with Crippen molar-refractivity contribution in [1.82, 2.24) is 10.2 Å². The van der Waals surface area contributed by atoms with Crippen LogP contribution in [-0.4, -0.2) is 57.8 Å². The van der Waals surface area contributed by atoms with Gasteiger partial charge in [-0.1, -0.05) is 32.6 Å². The second kappa shape index (κ2) is 10.6. The molecule has 1 aromatic rings. The lowest BCUT2D eigenvalue weighted by molar-refractivity contribution is 0.0799. The Morgan fingerprint density at radius 3 is 2.21 bits per heavy atom. The molecule has 1 aromatic carbocycles. The molecule has 0 unspecified atom stereocenters. The zero-order valence-corrected chi connectivity index (χ0v) is 18.1. The third-order valence-electron chi connectivity index (χ3n) is 5.78. The van der Waals surface area contributed by atoms with Crippen LogP contribution in [0.4, 0.5) is 0 Å². The molecule has 0 bridgehead atoms. The van der Waals surface area contributed by atoms with E-state index in [-0.39, 0.29) is 11.4 Å². The second-order valence-corrected chi connectivity index (χ2v) is 7.77. The number of methoxy groups -OCH3 is 2. The monoisotopic (exact) mass is 392 g/mol. The summed E-state index contributed by atoms with van der Waals surface area (Å²) in [6, 6.07) is 3.45. The van der Waals surface area contributed by atoms with Gasteiger partial charge in [0.1, 0.15) is 0 Å². The number of nitrogens with zero attached hydrogens (tertiary/aromatic N) is 1. The minimum Gasteiger partial charge on any atom is -0.493 e. The SMILES string of the molecule is CCCCOc1c(OC)cc(C(=O)NCC2(N(C)C)CCCCC2)cc1OC. The summed E-state index contributed by atoms with van der Waals surface area (Å²) in [4.78, 5) is 15.1. The summed E-state index contributed by atoms with van der Waals surface area (Å²) in [6.07, 6.45) is 7.89. The van der Waals surface area contributed by atoms with Gasteiger partial charge in [-0.25, -0.2) is 0 Å². The number of unbranched alkanes of at least 4 members (excludes halogenated alkanes) is 1. The Balaban J connectivity index is 2.15. The first-order chi connectivity index (χ1) is 13.5. The second-order valence-electron chi connectivity index (χ2n) is 7.77.